The highest BCUT2D eigenvalue weighted by Gasteiger charge is 2.17. The monoisotopic (exact) mass is 379 g/mol. The largest absolute Gasteiger partial charge is 0.489 e. The van der Waals surface area contributed by atoms with Crippen LogP contribution in [0, 0.1) is 0 Å². The van der Waals surface area contributed by atoms with E-state index in [1.165, 1.54) is 17.5 Å². The zero-order valence-electron chi connectivity index (χ0n) is 13.7. The van der Waals surface area contributed by atoms with Gasteiger partial charge in [0.25, 0.3) is 0 Å². The molecule has 26 heavy (non-hydrogen) atoms. The molecule has 3 nitrogen and oxygen atoms in total. The second kappa shape index (κ2) is 7.28. The van der Waals surface area contributed by atoms with Crippen LogP contribution in [0.3, 0.4) is 0 Å². The Morgan fingerprint density at radius 3 is 2.69 bits per heavy atom. The Morgan fingerprint density at radius 1 is 1.08 bits per heavy atom. The molecule has 0 saturated carbocycles. The fourth-order valence-electron chi connectivity index (χ4n) is 2.67. The number of hydrogen-bond acceptors (Lipinski definition) is 4. The molecule has 0 unspecified atom stereocenters. The predicted molar refractivity (Wildman–Crippen MR) is 105 cm³/mol. The van der Waals surface area contributed by atoms with Crippen molar-refractivity contribution in [3.05, 3.63) is 93.3 Å². The summed E-state index contributed by atoms with van der Waals surface area (Å²) in [4.78, 5) is 17.6. The van der Waals surface area contributed by atoms with Gasteiger partial charge in [-0.1, -0.05) is 48.0 Å². The van der Waals surface area contributed by atoms with Gasteiger partial charge in [-0.05, 0) is 29.1 Å². The Balaban J connectivity index is 1.61. The van der Waals surface area contributed by atoms with E-state index in [4.69, 9.17) is 16.3 Å². The standard InChI is InChI=1S/C21H14ClNO2S/c22-20-16-9-8-15(25-13-14-5-2-1-3-6-14)11-18(16)23-12-17(20)21(24)19-7-4-10-26-19/h1-12H,13H2. The fourth-order valence-corrected chi connectivity index (χ4v) is 3.64. The lowest BCUT2D eigenvalue weighted by atomic mass is 10.1. The van der Waals surface area contributed by atoms with E-state index < -0.39 is 0 Å². The molecule has 0 atom stereocenters. The first kappa shape index (κ1) is 16.8. The maximum absolute atomic E-state index is 12.6. The average molecular weight is 380 g/mol. The molecule has 0 saturated heterocycles. The van der Waals surface area contributed by atoms with Gasteiger partial charge in [0.05, 0.1) is 21.0 Å². The zero-order valence-corrected chi connectivity index (χ0v) is 15.3. The molecule has 128 valence electrons. The number of benzene rings is 2. The van der Waals surface area contributed by atoms with E-state index >= 15 is 0 Å². The highest BCUT2D eigenvalue weighted by molar-refractivity contribution is 7.12. The van der Waals surface area contributed by atoms with Gasteiger partial charge in [-0.3, -0.25) is 9.78 Å². The summed E-state index contributed by atoms with van der Waals surface area (Å²) in [5.41, 5.74) is 2.21. The molecule has 2 heterocycles. The van der Waals surface area contributed by atoms with Crippen LogP contribution in [-0.2, 0) is 6.61 Å². The first-order valence-corrected chi connectivity index (χ1v) is 9.31. The Kier molecular flexibility index (Phi) is 4.69. The van der Waals surface area contributed by atoms with E-state index in [2.05, 4.69) is 4.98 Å². The molecular weight excluding hydrogens is 366 g/mol. The van der Waals surface area contributed by atoms with Gasteiger partial charge in [-0.25, -0.2) is 0 Å². The molecule has 0 N–H and O–H groups in total. The number of halogens is 1. The highest BCUT2D eigenvalue weighted by atomic mass is 35.5. The molecule has 0 fully saturated rings. The maximum atomic E-state index is 12.6. The molecule has 0 amide bonds. The van der Waals surface area contributed by atoms with Crippen LogP contribution in [0.4, 0.5) is 0 Å². The molecule has 4 rings (SSSR count). The van der Waals surface area contributed by atoms with E-state index in [9.17, 15) is 4.79 Å². The van der Waals surface area contributed by atoms with Crippen LogP contribution in [-0.4, -0.2) is 10.8 Å². The van der Waals surface area contributed by atoms with E-state index in [1.54, 1.807) is 6.07 Å². The first-order chi connectivity index (χ1) is 12.7. The number of carbonyl (C=O) groups is 1. The fraction of sp³-hybridized carbons (Fsp3) is 0.0476. The number of nitrogens with zero attached hydrogens (tertiary/aromatic N) is 1. The summed E-state index contributed by atoms with van der Waals surface area (Å²) in [6.07, 6.45) is 1.54. The van der Waals surface area contributed by atoms with Crippen LogP contribution in [0.1, 0.15) is 20.8 Å². The van der Waals surface area contributed by atoms with Crippen LogP contribution >= 0.6 is 22.9 Å². The smallest absolute Gasteiger partial charge is 0.206 e. The van der Waals surface area contributed by atoms with E-state index in [-0.39, 0.29) is 5.78 Å². The van der Waals surface area contributed by atoms with Gasteiger partial charge in [-0.15, -0.1) is 11.3 Å². The highest BCUT2D eigenvalue weighted by Crippen LogP contribution is 2.30. The number of ether oxygens (including phenoxy) is 1. The summed E-state index contributed by atoms with van der Waals surface area (Å²) in [5.74, 6) is 0.603. The van der Waals surface area contributed by atoms with E-state index in [1.807, 2.05) is 60.0 Å². The normalized spacial score (nSPS) is 10.8. The van der Waals surface area contributed by atoms with Gasteiger partial charge in [0.1, 0.15) is 12.4 Å². The second-order valence-electron chi connectivity index (χ2n) is 5.75. The number of aromatic nitrogens is 1. The number of fused-ring (bicyclic) bond motifs is 1. The number of rotatable bonds is 5. The summed E-state index contributed by atoms with van der Waals surface area (Å²) in [6, 6.07) is 19.1. The Labute approximate surface area is 159 Å². The summed E-state index contributed by atoms with van der Waals surface area (Å²) in [6.45, 7) is 0.481. The van der Waals surface area contributed by atoms with Crippen molar-refractivity contribution in [2.24, 2.45) is 0 Å². The minimum absolute atomic E-state index is 0.108. The first-order valence-electron chi connectivity index (χ1n) is 8.05. The topological polar surface area (TPSA) is 39.2 Å². The molecule has 0 spiro atoms. The number of thiophene rings is 1. The summed E-state index contributed by atoms with van der Waals surface area (Å²) in [5, 5.41) is 3.02. The van der Waals surface area contributed by atoms with Gasteiger partial charge < -0.3 is 4.74 Å². The number of ketones is 1. The summed E-state index contributed by atoms with van der Waals surface area (Å²) >= 11 is 7.87. The summed E-state index contributed by atoms with van der Waals surface area (Å²) < 4.78 is 5.83. The van der Waals surface area contributed by atoms with Crippen LogP contribution in [0.2, 0.25) is 5.02 Å². The predicted octanol–water partition coefficient (Wildman–Crippen LogP) is 5.76. The third-order valence-corrected chi connectivity index (χ3v) is 5.29. The third kappa shape index (κ3) is 3.34. The lowest BCUT2D eigenvalue weighted by Crippen LogP contribution is -2.01. The molecule has 0 aliphatic heterocycles. The van der Waals surface area contributed by atoms with E-state index in [0.717, 1.165) is 10.9 Å². The average Bonchev–Trinajstić information content (AvgIpc) is 3.22. The van der Waals surface area contributed by atoms with Crippen LogP contribution < -0.4 is 4.74 Å². The van der Waals surface area contributed by atoms with Gasteiger partial charge in [0, 0.05) is 17.6 Å². The molecule has 0 aliphatic rings. The van der Waals surface area contributed by atoms with Gasteiger partial charge in [0.2, 0.25) is 5.78 Å². The molecule has 0 aliphatic carbocycles. The minimum atomic E-state index is -0.108. The minimum Gasteiger partial charge on any atom is -0.489 e. The molecule has 0 bridgehead atoms. The van der Waals surface area contributed by atoms with Crippen molar-refractivity contribution in [3.8, 4) is 5.75 Å². The Morgan fingerprint density at radius 2 is 1.92 bits per heavy atom. The van der Waals surface area contributed by atoms with E-state index in [0.29, 0.717) is 33.3 Å². The molecule has 2 aromatic carbocycles. The molecule has 5 heteroatoms. The molecule has 2 aromatic heterocycles. The number of hydrogen-bond donors (Lipinski definition) is 0. The molecule has 0 radical (unpaired) electrons. The SMILES string of the molecule is O=C(c1cccs1)c1cnc2cc(OCc3ccccc3)ccc2c1Cl. The van der Waals surface area contributed by atoms with Crippen LogP contribution in [0.5, 0.6) is 5.75 Å². The van der Waals surface area contributed by atoms with Crippen molar-refractivity contribution >= 4 is 39.6 Å². The maximum Gasteiger partial charge on any atom is 0.206 e. The van der Waals surface area contributed by atoms with Crippen molar-refractivity contribution in [2.75, 3.05) is 0 Å². The quantitative estimate of drug-likeness (QED) is 0.414. The molecular formula is C21H14ClNO2S. The van der Waals surface area contributed by atoms with Crippen molar-refractivity contribution < 1.29 is 9.53 Å². The number of pyridine rings is 1. The van der Waals surface area contributed by atoms with Crippen LogP contribution in [0.15, 0.2) is 72.2 Å². The third-order valence-electron chi connectivity index (χ3n) is 4.01. The van der Waals surface area contributed by atoms with Crippen molar-refractivity contribution in [2.45, 2.75) is 6.61 Å². The zero-order chi connectivity index (χ0) is 17.9. The lowest BCUT2D eigenvalue weighted by Gasteiger charge is -2.09. The number of carbonyl (C=O) groups excluding carboxylic acids is 1. The van der Waals surface area contributed by atoms with Crippen molar-refractivity contribution in [1.29, 1.82) is 0 Å². The Hall–Kier alpha value is -2.69. The lowest BCUT2D eigenvalue weighted by molar-refractivity contribution is 0.104. The summed E-state index contributed by atoms with van der Waals surface area (Å²) in [7, 11) is 0. The van der Waals surface area contributed by atoms with Gasteiger partial charge in [0.15, 0.2) is 0 Å². The van der Waals surface area contributed by atoms with Gasteiger partial charge in [-0.2, -0.15) is 0 Å². The Bertz CT molecular complexity index is 1060. The second-order valence-corrected chi connectivity index (χ2v) is 7.07. The van der Waals surface area contributed by atoms with Crippen molar-refractivity contribution in [3.63, 3.8) is 0 Å². The van der Waals surface area contributed by atoms with Crippen molar-refractivity contribution in [1.82, 2.24) is 4.98 Å². The van der Waals surface area contributed by atoms with Crippen LogP contribution in [0.25, 0.3) is 10.9 Å². The molecule has 4 aromatic rings. The van der Waals surface area contributed by atoms with Gasteiger partial charge >= 0.3 is 0 Å².